The fourth-order valence-corrected chi connectivity index (χ4v) is 1.46. The molecule has 1 heterocycles. The maximum absolute atomic E-state index is 5.81. The highest BCUT2D eigenvalue weighted by molar-refractivity contribution is 4.76. The lowest BCUT2D eigenvalue weighted by Crippen LogP contribution is -2.40. The van der Waals surface area contributed by atoms with Crippen LogP contribution in [0.25, 0.3) is 0 Å². The molecule has 2 heteroatoms. The maximum Gasteiger partial charge on any atom is 0.0574 e. The fourth-order valence-electron chi connectivity index (χ4n) is 1.46. The smallest absolute Gasteiger partial charge is 0.0574 e. The first-order valence-electron chi connectivity index (χ1n) is 3.73. The van der Waals surface area contributed by atoms with Crippen molar-refractivity contribution in [2.24, 2.45) is 5.73 Å². The van der Waals surface area contributed by atoms with Gasteiger partial charge in [-0.15, -0.1) is 0 Å². The Bertz CT molecular complexity index is 90.9. The van der Waals surface area contributed by atoms with Crippen LogP contribution in [0.15, 0.2) is 0 Å². The lowest BCUT2D eigenvalue weighted by Gasteiger charge is -2.24. The quantitative estimate of drug-likeness (QED) is 0.565. The van der Waals surface area contributed by atoms with Gasteiger partial charge in [0.05, 0.1) is 6.17 Å². The van der Waals surface area contributed by atoms with Crippen molar-refractivity contribution in [2.45, 2.75) is 38.9 Å². The Morgan fingerprint density at radius 3 is 2.44 bits per heavy atom. The number of rotatable bonds is 1. The molecule has 1 aliphatic rings. The second kappa shape index (κ2) is 2.67. The van der Waals surface area contributed by atoms with Crippen LogP contribution in [0, 0.1) is 0 Å². The number of likely N-dealkylation sites (tertiary alicyclic amines) is 1. The molecule has 1 saturated heterocycles. The van der Waals surface area contributed by atoms with E-state index in [1.807, 2.05) is 0 Å². The molecule has 0 spiro atoms. The summed E-state index contributed by atoms with van der Waals surface area (Å²) in [6.07, 6.45) is 2.79. The first-order valence-corrected chi connectivity index (χ1v) is 3.73. The van der Waals surface area contributed by atoms with Gasteiger partial charge in [-0.2, -0.15) is 0 Å². The molecular weight excluding hydrogens is 112 g/mol. The topological polar surface area (TPSA) is 29.3 Å². The zero-order chi connectivity index (χ0) is 6.85. The monoisotopic (exact) mass is 128 g/mol. The average molecular weight is 128 g/mol. The molecule has 0 aromatic carbocycles. The minimum Gasteiger partial charge on any atom is -0.316 e. The van der Waals surface area contributed by atoms with E-state index in [0.29, 0.717) is 12.2 Å². The maximum atomic E-state index is 5.81. The zero-order valence-corrected chi connectivity index (χ0v) is 6.30. The first-order chi connectivity index (χ1) is 4.22. The van der Waals surface area contributed by atoms with Crippen LogP contribution in [0.5, 0.6) is 0 Å². The minimum atomic E-state index is 0.338. The van der Waals surface area contributed by atoms with Crippen LogP contribution in [0.4, 0.5) is 0 Å². The second-order valence-corrected chi connectivity index (χ2v) is 3.04. The van der Waals surface area contributed by atoms with Gasteiger partial charge >= 0.3 is 0 Å². The third-order valence-corrected chi connectivity index (χ3v) is 2.01. The van der Waals surface area contributed by atoms with Gasteiger partial charge in [0.1, 0.15) is 0 Å². The van der Waals surface area contributed by atoms with E-state index in [1.165, 1.54) is 19.4 Å². The Morgan fingerprint density at radius 1 is 1.56 bits per heavy atom. The molecular formula is C7H16N2. The molecule has 1 atom stereocenters. The van der Waals surface area contributed by atoms with Crippen LogP contribution < -0.4 is 5.73 Å². The van der Waals surface area contributed by atoms with Crippen LogP contribution in [-0.4, -0.2) is 23.7 Å². The average Bonchev–Trinajstić information content (AvgIpc) is 2.13. The number of hydrogen-bond donors (Lipinski definition) is 1. The summed E-state index contributed by atoms with van der Waals surface area (Å²) in [5.74, 6) is 0. The SMILES string of the molecule is CC(C)N1CCCC1N. The van der Waals surface area contributed by atoms with Crippen molar-refractivity contribution in [3.63, 3.8) is 0 Å². The summed E-state index contributed by atoms with van der Waals surface area (Å²) in [4.78, 5) is 2.35. The molecule has 1 rings (SSSR count). The van der Waals surface area contributed by atoms with Gasteiger partial charge in [0.15, 0.2) is 0 Å². The second-order valence-electron chi connectivity index (χ2n) is 3.04. The molecule has 2 N–H and O–H groups in total. The minimum absolute atomic E-state index is 0.338. The van der Waals surface area contributed by atoms with Crippen molar-refractivity contribution in [3.05, 3.63) is 0 Å². The molecule has 1 fully saturated rings. The molecule has 1 unspecified atom stereocenters. The number of nitrogens with two attached hydrogens (primary N) is 1. The standard InChI is InChI=1S/C7H16N2/c1-6(2)9-5-3-4-7(9)8/h6-7H,3-5,8H2,1-2H3. The van der Waals surface area contributed by atoms with Gasteiger partial charge in [-0.05, 0) is 33.2 Å². The zero-order valence-electron chi connectivity index (χ0n) is 6.30. The van der Waals surface area contributed by atoms with Gasteiger partial charge in [0.25, 0.3) is 0 Å². The lowest BCUT2D eigenvalue weighted by atomic mass is 10.3. The molecule has 0 amide bonds. The van der Waals surface area contributed by atoms with E-state index >= 15 is 0 Å². The predicted molar refractivity (Wildman–Crippen MR) is 39.1 cm³/mol. The molecule has 54 valence electrons. The van der Waals surface area contributed by atoms with Crippen LogP contribution in [0.1, 0.15) is 26.7 Å². The molecule has 0 aromatic heterocycles. The summed E-state index contributed by atoms with van der Waals surface area (Å²) in [7, 11) is 0. The third-order valence-electron chi connectivity index (χ3n) is 2.01. The summed E-state index contributed by atoms with van der Waals surface area (Å²) in [6, 6.07) is 0.627. The molecule has 0 saturated carbocycles. The summed E-state index contributed by atoms with van der Waals surface area (Å²) in [5.41, 5.74) is 5.81. The van der Waals surface area contributed by atoms with Gasteiger partial charge in [-0.1, -0.05) is 0 Å². The van der Waals surface area contributed by atoms with Gasteiger partial charge < -0.3 is 5.73 Å². The van der Waals surface area contributed by atoms with E-state index in [1.54, 1.807) is 0 Å². The van der Waals surface area contributed by atoms with Crippen LogP contribution in [0.2, 0.25) is 0 Å². The van der Waals surface area contributed by atoms with E-state index in [0.717, 1.165) is 0 Å². The molecule has 2 nitrogen and oxygen atoms in total. The summed E-state index contributed by atoms with van der Waals surface area (Å²) < 4.78 is 0. The van der Waals surface area contributed by atoms with Gasteiger partial charge in [0.2, 0.25) is 0 Å². The van der Waals surface area contributed by atoms with E-state index < -0.39 is 0 Å². The van der Waals surface area contributed by atoms with E-state index in [-0.39, 0.29) is 0 Å². The van der Waals surface area contributed by atoms with Crippen molar-refractivity contribution < 1.29 is 0 Å². The van der Waals surface area contributed by atoms with Crippen molar-refractivity contribution in [1.82, 2.24) is 4.90 Å². The number of hydrogen-bond acceptors (Lipinski definition) is 2. The first kappa shape index (κ1) is 7.03. The highest BCUT2D eigenvalue weighted by atomic mass is 15.3. The van der Waals surface area contributed by atoms with Crippen molar-refractivity contribution in [2.75, 3.05) is 6.54 Å². The predicted octanol–water partition coefficient (Wildman–Crippen LogP) is 0.775. The third kappa shape index (κ3) is 1.43. The van der Waals surface area contributed by atoms with Crippen LogP contribution >= 0.6 is 0 Å². The lowest BCUT2D eigenvalue weighted by molar-refractivity contribution is 0.208. The Morgan fingerprint density at radius 2 is 2.22 bits per heavy atom. The van der Waals surface area contributed by atoms with E-state index in [9.17, 15) is 0 Å². The normalized spacial score (nSPS) is 30.0. The summed E-state index contributed by atoms with van der Waals surface area (Å²) in [6.45, 7) is 5.59. The largest absolute Gasteiger partial charge is 0.316 e. The molecule has 0 aliphatic carbocycles. The van der Waals surface area contributed by atoms with E-state index in [2.05, 4.69) is 18.7 Å². The van der Waals surface area contributed by atoms with Crippen LogP contribution in [0.3, 0.4) is 0 Å². The Kier molecular flexibility index (Phi) is 2.09. The highest BCUT2D eigenvalue weighted by Crippen LogP contribution is 2.14. The summed E-state index contributed by atoms with van der Waals surface area (Å²) >= 11 is 0. The molecule has 0 radical (unpaired) electrons. The van der Waals surface area contributed by atoms with Gasteiger partial charge in [-0.3, -0.25) is 4.90 Å². The Hall–Kier alpha value is -0.0800. The molecule has 9 heavy (non-hydrogen) atoms. The highest BCUT2D eigenvalue weighted by Gasteiger charge is 2.22. The molecule has 0 aromatic rings. The fraction of sp³-hybridized carbons (Fsp3) is 1.00. The van der Waals surface area contributed by atoms with Gasteiger partial charge in [-0.25, -0.2) is 0 Å². The Balaban J connectivity index is 2.40. The van der Waals surface area contributed by atoms with Crippen LogP contribution in [-0.2, 0) is 0 Å². The molecule has 1 aliphatic heterocycles. The number of nitrogens with zero attached hydrogens (tertiary/aromatic N) is 1. The summed E-state index contributed by atoms with van der Waals surface area (Å²) in [5, 5.41) is 0. The van der Waals surface area contributed by atoms with Gasteiger partial charge in [0, 0.05) is 6.04 Å². The van der Waals surface area contributed by atoms with Crippen molar-refractivity contribution in [1.29, 1.82) is 0 Å². The van der Waals surface area contributed by atoms with E-state index in [4.69, 9.17) is 5.73 Å². The Labute approximate surface area is 57.0 Å². The molecule has 0 bridgehead atoms. The van der Waals surface area contributed by atoms with Crippen molar-refractivity contribution >= 4 is 0 Å². The van der Waals surface area contributed by atoms with Crippen molar-refractivity contribution in [3.8, 4) is 0 Å².